The Balaban J connectivity index is 1.39. The Kier molecular flexibility index (Phi) is 7.76. The molecule has 1 aliphatic carbocycles. The van der Waals surface area contributed by atoms with Crippen molar-refractivity contribution in [1.82, 2.24) is 28.7 Å². The van der Waals surface area contributed by atoms with Crippen LogP contribution < -0.4 is 9.46 Å². The molecule has 2 aromatic heterocycles. The highest BCUT2D eigenvalue weighted by molar-refractivity contribution is 7.87. The van der Waals surface area contributed by atoms with Gasteiger partial charge in [0.15, 0.2) is 5.65 Å². The standard InChI is InChI=1S/C28H36N6O5S/c1-32-12-14-33(15-13-32)40(36,37)31-28(35)23-18-24(39-19-20-10-16-38-17-11-20)25-26(21-6-5-7-21)30-34(27(25)29-23)22-8-3-2-4-9-22/h2-4,8-9,18,20-21H,5-7,10-17,19H2,1H3,(H,31,35). The topological polar surface area (TPSA) is 119 Å². The van der Waals surface area contributed by atoms with Crippen molar-refractivity contribution in [3.63, 3.8) is 0 Å². The number of likely N-dealkylation sites (N-methyl/N-ethyl adjacent to an activating group) is 1. The molecule has 0 radical (unpaired) electrons. The van der Waals surface area contributed by atoms with E-state index in [1.54, 1.807) is 10.7 Å². The van der Waals surface area contributed by atoms with E-state index in [0.29, 0.717) is 63.3 Å². The molecule has 3 aromatic rings. The number of carbonyl (C=O) groups is 1. The van der Waals surface area contributed by atoms with E-state index in [1.165, 1.54) is 4.31 Å². The molecule has 1 amide bonds. The Morgan fingerprint density at radius 3 is 2.48 bits per heavy atom. The van der Waals surface area contributed by atoms with Crippen molar-refractivity contribution in [1.29, 1.82) is 0 Å². The van der Waals surface area contributed by atoms with Crippen LogP contribution in [-0.4, -0.2) is 91.3 Å². The third kappa shape index (κ3) is 5.58. The zero-order valence-electron chi connectivity index (χ0n) is 22.8. The number of aromatic nitrogens is 3. The lowest BCUT2D eigenvalue weighted by molar-refractivity contribution is 0.0499. The van der Waals surface area contributed by atoms with Crippen LogP contribution in [0.4, 0.5) is 0 Å². The van der Waals surface area contributed by atoms with E-state index in [4.69, 9.17) is 19.6 Å². The quantitative estimate of drug-likeness (QED) is 0.441. The second kappa shape index (κ2) is 11.4. The Labute approximate surface area is 234 Å². The maximum atomic E-state index is 13.4. The minimum atomic E-state index is -4.03. The summed E-state index contributed by atoms with van der Waals surface area (Å²) in [5.41, 5.74) is 2.18. The zero-order valence-corrected chi connectivity index (χ0v) is 23.6. The van der Waals surface area contributed by atoms with E-state index in [0.717, 1.165) is 48.9 Å². The fraction of sp³-hybridized carbons (Fsp3) is 0.536. The monoisotopic (exact) mass is 568 g/mol. The van der Waals surface area contributed by atoms with E-state index >= 15 is 0 Å². The summed E-state index contributed by atoms with van der Waals surface area (Å²) in [5.74, 6) is 0.352. The van der Waals surface area contributed by atoms with Gasteiger partial charge in [0, 0.05) is 51.4 Å². The van der Waals surface area contributed by atoms with Crippen LogP contribution in [0.25, 0.3) is 16.7 Å². The minimum absolute atomic E-state index is 0.0237. The summed E-state index contributed by atoms with van der Waals surface area (Å²) in [6, 6.07) is 11.2. The number of hydrogen-bond acceptors (Lipinski definition) is 8. The van der Waals surface area contributed by atoms with E-state index in [2.05, 4.69) is 9.62 Å². The smallest absolute Gasteiger partial charge is 0.304 e. The van der Waals surface area contributed by atoms with E-state index in [-0.39, 0.29) is 11.6 Å². The number of carbonyl (C=O) groups excluding carboxylic acids is 1. The molecule has 0 spiro atoms. The number of para-hydroxylation sites is 1. The van der Waals surface area contributed by atoms with Gasteiger partial charge in [-0.25, -0.2) is 14.4 Å². The van der Waals surface area contributed by atoms with Crippen LogP contribution in [-0.2, 0) is 14.9 Å². The molecular formula is C28H36N6O5S. The summed E-state index contributed by atoms with van der Waals surface area (Å²) in [4.78, 5) is 20.2. The van der Waals surface area contributed by atoms with Gasteiger partial charge in [0.1, 0.15) is 11.4 Å². The molecule has 11 nitrogen and oxygen atoms in total. The van der Waals surface area contributed by atoms with Gasteiger partial charge in [0.05, 0.1) is 23.4 Å². The van der Waals surface area contributed by atoms with Gasteiger partial charge < -0.3 is 14.4 Å². The van der Waals surface area contributed by atoms with E-state index < -0.39 is 16.1 Å². The summed E-state index contributed by atoms with van der Waals surface area (Å²) < 4.78 is 43.4. The Hall–Kier alpha value is -3.06. The zero-order chi connectivity index (χ0) is 27.7. The van der Waals surface area contributed by atoms with Crippen molar-refractivity contribution in [3.05, 3.63) is 47.8 Å². The van der Waals surface area contributed by atoms with Crippen molar-refractivity contribution >= 4 is 27.1 Å². The third-order valence-electron chi connectivity index (χ3n) is 8.19. The molecule has 12 heteroatoms. The molecule has 6 rings (SSSR count). The summed E-state index contributed by atoms with van der Waals surface area (Å²) in [6.45, 7) is 3.72. The van der Waals surface area contributed by atoms with Crippen LogP contribution in [0.3, 0.4) is 0 Å². The second-order valence-electron chi connectivity index (χ2n) is 11.0. The molecule has 3 fully saturated rings. The molecule has 3 aliphatic rings. The highest BCUT2D eigenvalue weighted by Gasteiger charge is 2.32. The summed E-state index contributed by atoms with van der Waals surface area (Å²) >= 11 is 0. The van der Waals surface area contributed by atoms with Crippen molar-refractivity contribution < 1.29 is 22.7 Å². The highest BCUT2D eigenvalue weighted by Crippen LogP contribution is 2.42. The SMILES string of the molecule is CN1CCN(S(=O)(=O)NC(=O)c2cc(OCC3CCOCC3)c3c(C4CCC4)nn(-c4ccccc4)c3n2)CC1. The molecular weight excluding hydrogens is 532 g/mol. The van der Waals surface area contributed by atoms with Gasteiger partial charge in [-0.3, -0.25) is 4.79 Å². The molecule has 2 aliphatic heterocycles. The minimum Gasteiger partial charge on any atom is -0.492 e. The number of fused-ring (bicyclic) bond motifs is 1. The number of benzene rings is 1. The van der Waals surface area contributed by atoms with Gasteiger partial charge in [0.2, 0.25) is 0 Å². The van der Waals surface area contributed by atoms with Crippen LogP contribution in [0, 0.1) is 5.92 Å². The molecule has 4 heterocycles. The molecule has 0 unspecified atom stereocenters. The maximum Gasteiger partial charge on any atom is 0.304 e. The number of rotatable bonds is 8. The van der Waals surface area contributed by atoms with Crippen LogP contribution in [0.5, 0.6) is 5.75 Å². The molecule has 40 heavy (non-hydrogen) atoms. The Bertz CT molecular complexity index is 1460. The van der Waals surface area contributed by atoms with Gasteiger partial charge >= 0.3 is 10.2 Å². The first-order valence-electron chi connectivity index (χ1n) is 14.1. The number of pyridine rings is 1. The lowest BCUT2D eigenvalue weighted by Gasteiger charge is -2.31. The van der Waals surface area contributed by atoms with Crippen LogP contribution in [0.1, 0.15) is 54.2 Å². The van der Waals surface area contributed by atoms with Gasteiger partial charge in [0.25, 0.3) is 5.91 Å². The molecule has 214 valence electrons. The maximum absolute atomic E-state index is 13.4. The number of nitrogens with one attached hydrogen (secondary N) is 1. The average molecular weight is 569 g/mol. The largest absolute Gasteiger partial charge is 0.492 e. The molecule has 1 N–H and O–H groups in total. The summed E-state index contributed by atoms with van der Waals surface area (Å²) in [7, 11) is -2.08. The normalized spacial score (nSPS) is 19.9. The van der Waals surface area contributed by atoms with E-state index in [1.807, 2.05) is 37.4 Å². The number of hydrogen-bond donors (Lipinski definition) is 1. The Morgan fingerprint density at radius 1 is 1.07 bits per heavy atom. The number of amides is 1. The fourth-order valence-electron chi connectivity index (χ4n) is 5.44. The average Bonchev–Trinajstić information content (AvgIpc) is 3.31. The van der Waals surface area contributed by atoms with Crippen molar-refractivity contribution in [2.24, 2.45) is 5.92 Å². The van der Waals surface area contributed by atoms with Crippen molar-refractivity contribution in [2.75, 3.05) is 53.0 Å². The fourth-order valence-corrected chi connectivity index (χ4v) is 6.55. The molecule has 1 saturated carbocycles. The molecule has 0 atom stereocenters. The van der Waals surface area contributed by atoms with Crippen LogP contribution in [0.15, 0.2) is 36.4 Å². The highest BCUT2D eigenvalue weighted by atomic mass is 32.2. The van der Waals surface area contributed by atoms with Crippen LogP contribution in [0.2, 0.25) is 0 Å². The lowest BCUT2D eigenvalue weighted by Crippen LogP contribution is -2.52. The van der Waals surface area contributed by atoms with E-state index in [9.17, 15) is 13.2 Å². The van der Waals surface area contributed by atoms with Crippen molar-refractivity contribution in [2.45, 2.75) is 38.0 Å². The molecule has 0 bridgehead atoms. The third-order valence-corrected chi connectivity index (χ3v) is 9.68. The number of piperazine rings is 1. The predicted molar refractivity (Wildman–Crippen MR) is 150 cm³/mol. The van der Waals surface area contributed by atoms with Crippen LogP contribution >= 0.6 is 0 Å². The summed E-state index contributed by atoms with van der Waals surface area (Å²) in [5, 5.41) is 5.77. The number of nitrogens with zero attached hydrogens (tertiary/aromatic N) is 5. The first kappa shape index (κ1) is 27.1. The van der Waals surface area contributed by atoms with Crippen molar-refractivity contribution in [3.8, 4) is 11.4 Å². The lowest BCUT2D eigenvalue weighted by atomic mass is 9.82. The van der Waals surface area contributed by atoms with Gasteiger partial charge in [-0.15, -0.1) is 0 Å². The van der Waals surface area contributed by atoms with Gasteiger partial charge in [-0.05, 0) is 50.8 Å². The number of ether oxygens (including phenoxy) is 2. The first-order valence-corrected chi connectivity index (χ1v) is 15.5. The van der Waals surface area contributed by atoms with Gasteiger partial charge in [-0.1, -0.05) is 24.6 Å². The second-order valence-corrected chi connectivity index (χ2v) is 12.6. The van der Waals surface area contributed by atoms with Gasteiger partial charge in [-0.2, -0.15) is 17.8 Å². The predicted octanol–water partition coefficient (Wildman–Crippen LogP) is 2.72. The first-order chi connectivity index (χ1) is 19.4. The summed E-state index contributed by atoms with van der Waals surface area (Å²) in [6.07, 6.45) is 5.02. The molecule has 1 aromatic carbocycles. The molecule has 2 saturated heterocycles. The Morgan fingerprint density at radius 2 is 1.80 bits per heavy atom.